The predicted molar refractivity (Wildman–Crippen MR) is 85.4 cm³/mol. The Morgan fingerprint density at radius 1 is 1.30 bits per heavy atom. The summed E-state index contributed by atoms with van der Waals surface area (Å²) in [6.07, 6.45) is 1.48. The van der Waals surface area contributed by atoms with E-state index in [0.717, 1.165) is 30.6 Å². The zero-order valence-electron chi connectivity index (χ0n) is 12.8. The molecule has 0 aliphatic carbocycles. The number of fused-ring (bicyclic) bond motifs is 1. The van der Waals surface area contributed by atoms with Crippen LogP contribution >= 0.6 is 0 Å². The summed E-state index contributed by atoms with van der Waals surface area (Å²) in [6, 6.07) is 8.29. The van der Waals surface area contributed by atoms with Gasteiger partial charge in [0.2, 0.25) is 0 Å². The summed E-state index contributed by atoms with van der Waals surface area (Å²) in [5.74, 6) is 0. The van der Waals surface area contributed by atoms with Gasteiger partial charge in [-0.3, -0.25) is 4.98 Å². The Bertz CT molecular complexity index is 593. The van der Waals surface area contributed by atoms with E-state index < -0.39 is 0 Å². The van der Waals surface area contributed by atoms with E-state index in [9.17, 15) is 5.11 Å². The van der Waals surface area contributed by atoms with Crippen molar-refractivity contribution in [1.29, 1.82) is 0 Å². The summed E-state index contributed by atoms with van der Waals surface area (Å²) in [7, 11) is 2.10. The number of benzene rings is 1. The molecule has 0 bridgehead atoms. The first-order valence-electron chi connectivity index (χ1n) is 7.32. The topological polar surface area (TPSA) is 36.4 Å². The minimum Gasteiger partial charge on any atom is -0.393 e. The van der Waals surface area contributed by atoms with Crippen molar-refractivity contribution in [2.24, 2.45) is 0 Å². The van der Waals surface area contributed by atoms with Crippen molar-refractivity contribution >= 4 is 16.6 Å². The van der Waals surface area contributed by atoms with Crippen molar-refractivity contribution < 1.29 is 5.11 Å². The molecule has 2 rings (SSSR count). The molecule has 3 nitrogen and oxygen atoms in total. The van der Waals surface area contributed by atoms with E-state index >= 15 is 0 Å². The Kier molecular flexibility index (Phi) is 4.61. The summed E-state index contributed by atoms with van der Waals surface area (Å²) in [6.45, 7) is 6.94. The molecule has 1 atom stereocenters. The Hall–Kier alpha value is -1.61. The second-order valence-corrected chi connectivity index (χ2v) is 5.45. The second-order valence-electron chi connectivity index (χ2n) is 5.45. The Labute approximate surface area is 121 Å². The highest BCUT2D eigenvalue weighted by Crippen LogP contribution is 2.31. The molecule has 0 radical (unpaired) electrons. The third-order valence-electron chi connectivity index (χ3n) is 3.79. The number of aliphatic hydroxyl groups is 1. The van der Waals surface area contributed by atoms with Crippen molar-refractivity contribution in [3.63, 3.8) is 0 Å². The zero-order valence-corrected chi connectivity index (χ0v) is 12.8. The van der Waals surface area contributed by atoms with E-state index in [1.807, 2.05) is 13.0 Å². The van der Waals surface area contributed by atoms with Crippen LogP contribution in [0.15, 0.2) is 24.3 Å². The number of rotatable bonds is 5. The number of aromatic nitrogens is 1. The molecule has 0 saturated heterocycles. The number of pyridine rings is 1. The Morgan fingerprint density at radius 3 is 2.65 bits per heavy atom. The quantitative estimate of drug-likeness (QED) is 0.907. The van der Waals surface area contributed by atoms with Crippen LogP contribution in [0.4, 0.5) is 5.69 Å². The molecule has 1 aromatic carbocycles. The molecule has 0 spiro atoms. The smallest absolute Gasteiger partial charge is 0.0726 e. The monoisotopic (exact) mass is 272 g/mol. The van der Waals surface area contributed by atoms with Gasteiger partial charge in [-0.2, -0.15) is 0 Å². The predicted octanol–water partition coefficient (Wildman–Crippen LogP) is 3.31. The van der Waals surface area contributed by atoms with Gasteiger partial charge < -0.3 is 10.0 Å². The van der Waals surface area contributed by atoms with Gasteiger partial charge in [0.25, 0.3) is 0 Å². The molecule has 108 valence electrons. The van der Waals surface area contributed by atoms with Crippen LogP contribution in [0.3, 0.4) is 0 Å². The molecule has 3 heteroatoms. The molecule has 0 saturated carbocycles. The van der Waals surface area contributed by atoms with Crippen LogP contribution in [0.25, 0.3) is 10.9 Å². The first-order chi connectivity index (χ1) is 9.54. The van der Waals surface area contributed by atoms with Gasteiger partial charge in [-0.25, -0.2) is 0 Å². The van der Waals surface area contributed by atoms with E-state index in [0.29, 0.717) is 0 Å². The van der Waals surface area contributed by atoms with Gasteiger partial charge in [0.15, 0.2) is 0 Å². The van der Waals surface area contributed by atoms with E-state index in [-0.39, 0.29) is 6.10 Å². The molecular weight excluding hydrogens is 248 g/mol. The van der Waals surface area contributed by atoms with Gasteiger partial charge in [0.05, 0.1) is 17.3 Å². The third kappa shape index (κ3) is 2.93. The largest absolute Gasteiger partial charge is 0.393 e. The number of aryl methyl sites for hydroxylation is 1. The number of hydrogen-bond donors (Lipinski definition) is 1. The molecule has 1 aromatic heterocycles. The van der Waals surface area contributed by atoms with Crippen molar-refractivity contribution in [2.45, 2.75) is 39.7 Å². The maximum absolute atomic E-state index is 9.50. The lowest BCUT2D eigenvalue weighted by molar-refractivity contribution is 0.187. The lowest BCUT2D eigenvalue weighted by Crippen LogP contribution is -2.23. The standard InChI is InChI=1S/C17H24N2O/c1-5-14-13(3)18-16-9-7-6-8-15(16)17(14)19(4)11-10-12(2)20/h6-9,12,20H,5,10-11H2,1-4H3. The second kappa shape index (κ2) is 6.23. The summed E-state index contributed by atoms with van der Waals surface area (Å²) in [5, 5.41) is 10.7. The van der Waals surface area contributed by atoms with Crippen LogP contribution in [0.1, 0.15) is 31.5 Å². The Morgan fingerprint density at radius 2 is 2.00 bits per heavy atom. The maximum Gasteiger partial charge on any atom is 0.0726 e. The van der Waals surface area contributed by atoms with Crippen LogP contribution < -0.4 is 4.90 Å². The number of nitrogens with zero attached hydrogens (tertiary/aromatic N) is 2. The fraction of sp³-hybridized carbons (Fsp3) is 0.471. The molecule has 1 unspecified atom stereocenters. The van der Waals surface area contributed by atoms with Crippen molar-refractivity contribution in [2.75, 3.05) is 18.5 Å². The minimum absolute atomic E-state index is 0.267. The van der Waals surface area contributed by atoms with Gasteiger partial charge in [-0.1, -0.05) is 25.1 Å². The van der Waals surface area contributed by atoms with Crippen LogP contribution in [0.2, 0.25) is 0 Å². The average molecular weight is 272 g/mol. The average Bonchev–Trinajstić information content (AvgIpc) is 2.43. The number of hydrogen-bond acceptors (Lipinski definition) is 3. The van der Waals surface area contributed by atoms with Crippen LogP contribution in [-0.4, -0.2) is 29.8 Å². The lowest BCUT2D eigenvalue weighted by atomic mass is 10.0. The fourth-order valence-electron chi connectivity index (χ4n) is 2.71. The summed E-state index contributed by atoms with van der Waals surface area (Å²) >= 11 is 0. The number of aliphatic hydroxyl groups excluding tert-OH is 1. The first-order valence-corrected chi connectivity index (χ1v) is 7.32. The highest BCUT2D eigenvalue weighted by Gasteiger charge is 2.15. The highest BCUT2D eigenvalue weighted by molar-refractivity contribution is 5.93. The van der Waals surface area contributed by atoms with Crippen LogP contribution in [0.5, 0.6) is 0 Å². The van der Waals surface area contributed by atoms with Gasteiger partial charge in [-0.15, -0.1) is 0 Å². The van der Waals surface area contributed by atoms with Gasteiger partial charge in [0.1, 0.15) is 0 Å². The van der Waals surface area contributed by atoms with Crippen molar-refractivity contribution in [1.82, 2.24) is 4.98 Å². The molecule has 20 heavy (non-hydrogen) atoms. The normalized spacial score (nSPS) is 12.7. The fourth-order valence-corrected chi connectivity index (χ4v) is 2.71. The maximum atomic E-state index is 9.50. The molecule has 1 heterocycles. The van der Waals surface area contributed by atoms with Gasteiger partial charge in [-0.05, 0) is 38.3 Å². The molecule has 0 aliphatic heterocycles. The van der Waals surface area contributed by atoms with Gasteiger partial charge in [0, 0.05) is 24.7 Å². The van der Waals surface area contributed by atoms with Crippen LogP contribution in [0, 0.1) is 6.92 Å². The lowest BCUT2D eigenvalue weighted by Gasteiger charge is -2.25. The summed E-state index contributed by atoms with van der Waals surface area (Å²) < 4.78 is 0. The van der Waals surface area contributed by atoms with Crippen LogP contribution in [-0.2, 0) is 6.42 Å². The van der Waals surface area contributed by atoms with E-state index in [2.05, 4.69) is 44.0 Å². The summed E-state index contributed by atoms with van der Waals surface area (Å²) in [4.78, 5) is 6.96. The SMILES string of the molecule is CCc1c(C)nc2ccccc2c1N(C)CCC(C)O. The molecular formula is C17H24N2O. The van der Waals surface area contributed by atoms with Crippen molar-refractivity contribution in [3.8, 4) is 0 Å². The van der Waals surface area contributed by atoms with E-state index in [1.54, 1.807) is 0 Å². The van der Waals surface area contributed by atoms with Crippen molar-refractivity contribution in [3.05, 3.63) is 35.5 Å². The molecule has 0 fully saturated rings. The van der Waals surface area contributed by atoms with Gasteiger partial charge >= 0.3 is 0 Å². The molecule has 0 aliphatic rings. The highest BCUT2D eigenvalue weighted by atomic mass is 16.3. The van der Waals surface area contributed by atoms with E-state index in [4.69, 9.17) is 4.98 Å². The molecule has 0 amide bonds. The molecule has 1 N–H and O–H groups in total. The molecule has 2 aromatic rings. The third-order valence-corrected chi connectivity index (χ3v) is 3.79. The zero-order chi connectivity index (χ0) is 14.7. The first kappa shape index (κ1) is 14.8. The minimum atomic E-state index is -0.267. The number of anilines is 1. The van der Waals surface area contributed by atoms with E-state index in [1.165, 1.54) is 16.6 Å². The number of para-hydroxylation sites is 1. The summed E-state index contributed by atoms with van der Waals surface area (Å²) in [5.41, 5.74) is 4.71. The Balaban J connectivity index is 2.53.